The first kappa shape index (κ1) is 12.1. The van der Waals surface area contributed by atoms with Gasteiger partial charge < -0.3 is 15.3 Å². The summed E-state index contributed by atoms with van der Waals surface area (Å²) in [5.74, 6) is -1.08. The number of benzene rings is 1. The molecule has 0 saturated heterocycles. The van der Waals surface area contributed by atoms with Crippen LogP contribution in [0.5, 0.6) is 11.5 Å². The summed E-state index contributed by atoms with van der Waals surface area (Å²) in [6, 6.07) is 0. The molecule has 0 aliphatic heterocycles. The molecular weight excluding hydrogens is 208 g/mol. The molecule has 0 atom stereocenters. The summed E-state index contributed by atoms with van der Waals surface area (Å²) in [6.45, 7) is 4.96. The predicted molar refractivity (Wildman–Crippen MR) is 60.7 cm³/mol. The number of phenols is 2. The molecule has 0 radical (unpaired) electrons. The van der Waals surface area contributed by atoms with Crippen molar-refractivity contribution < 1.29 is 20.1 Å². The smallest absolute Gasteiger partial charge is 0.328 e. The summed E-state index contributed by atoms with van der Waals surface area (Å²) >= 11 is 0. The Balaban J connectivity index is 3.45. The fraction of sp³-hybridized carbons (Fsp3) is 0.250. The van der Waals surface area contributed by atoms with Crippen LogP contribution in [0, 0.1) is 20.8 Å². The van der Waals surface area contributed by atoms with Crippen molar-refractivity contribution in [3.8, 4) is 11.5 Å². The highest BCUT2D eigenvalue weighted by molar-refractivity contribution is 5.86. The van der Waals surface area contributed by atoms with Crippen LogP contribution in [0.25, 0.3) is 6.08 Å². The van der Waals surface area contributed by atoms with Crippen molar-refractivity contribution >= 4 is 12.0 Å². The van der Waals surface area contributed by atoms with Gasteiger partial charge in [0.15, 0.2) is 0 Å². The zero-order chi connectivity index (χ0) is 12.5. The van der Waals surface area contributed by atoms with E-state index in [9.17, 15) is 15.0 Å². The number of aromatic hydroxyl groups is 2. The summed E-state index contributed by atoms with van der Waals surface area (Å²) in [5, 5.41) is 28.0. The maximum absolute atomic E-state index is 10.4. The van der Waals surface area contributed by atoms with Crippen LogP contribution in [0.3, 0.4) is 0 Å². The first-order chi connectivity index (χ1) is 7.36. The second-order valence-corrected chi connectivity index (χ2v) is 3.66. The van der Waals surface area contributed by atoms with E-state index in [1.165, 1.54) is 6.08 Å². The molecule has 1 aromatic carbocycles. The minimum absolute atomic E-state index is 0.00635. The highest BCUT2D eigenvalue weighted by atomic mass is 16.4. The van der Waals surface area contributed by atoms with Gasteiger partial charge in [0.1, 0.15) is 11.5 Å². The molecule has 86 valence electrons. The van der Waals surface area contributed by atoms with Crippen LogP contribution in [0.1, 0.15) is 22.3 Å². The molecule has 16 heavy (non-hydrogen) atoms. The molecule has 4 nitrogen and oxygen atoms in total. The number of aliphatic carboxylic acids is 1. The molecule has 0 spiro atoms. The van der Waals surface area contributed by atoms with E-state index in [2.05, 4.69) is 0 Å². The van der Waals surface area contributed by atoms with Crippen LogP contribution >= 0.6 is 0 Å². The van der Waals surface area contributed by atoms with Crippen LogP contribution in [0.15, 0.2) is 6.08 Å². The number of phenolic OH excluding ortho intramolecular Hbond substituents is 2. The third-order valence-corrected chi connectivity index (χ3v) is 2.62. The van der Waals surface area contributed by atoms with Gasteiger partial charge in [-0.2, -0.15) is 0 Å². The van der Waals surface area contributed by atoms with Crippen LogP contribution in [0.4, 0.5) is 0 Å². The lowest BCUT2D eigenvalue weighted by atomic mass is 9.96. The predicted octanol–water partition coefficient (Wildman–Crippen LogP) is 2.12. The van der Waals surface area contributed by atoms with Gasteiger partial charge in [0, 0.05) is 11.6 Å². The molecule has 0 aliphatic carbocycles. The quantitative estimate of drug-likeness (QED) is 0.670. The Morgan fingerprint density at radius 2 is 1.44 bits per heavy atom. The summed E-state index contributed by atoms with van der Waals surface area (Å²) in [4.78, 5) is 10.4. The van der Waals surface area contributed by atoms with Crippen LogP contribution in [0.2, 0.25) is 0 Å². The van der Waals surface area contributed by atoms with E-state index >= 15 is 0 Å². The van der Waals surface area contributed by atoms with Gasteiger partial charge in [0.2, 0.25) is 0 Å². The Bertz CT molecular complexity index is 443. The SMILES string of the molecule is Cc1c(O)c(C)c(/C=C/C(=O)O)c(C)c1O. The van der Waals surface area contributed by atoms with Crippen LogP contribution in [-0.2, 0) is 4.79 Å². The van der Waals surface area contributed by atoms with Gasteiger partial charge in [0.05, 0.1) is 0 Å². The molecule has 4 heteroatoms. The van der Waals surface area contributed by atoms with Crippen molar-refractivity contribution in [2.24, 2.45) is 0 Å². The van der Waals surface area contributed by atoms with Crippen LogP contribution in [-0.4, -0.2) is 21.3 Å². The average Bonchev–Trinajstić information content (AvgIpc) is 2.23. The highest BCUT2D eigenvalue weighted by Crippen LogP contribution is 2.36. The lowest BCUT2D eigenvalue weighted by Crippen LogP contribution is -1.93. The summed E-state index contributed by atoms with van der Waals surface area (Å²) in [6.07, 6.45) is 2.34. The molecule has 0 bridgehead atoms. The number of carboxylic acids is 1. The van der Waals surface area contributed by atoms with Crippen molar-refractivity contribution in [2.45, 2.75) is 20.8 Å². The minimum Gasteiger partial charge on any atom is -0.507 e. The Labute approximate surface area is 93.5 Å². The number of carboxylic acid groups (broad SMARTS) is 1. The van der Waals surface area contributed by atoms with Gasteiger partial charge in [0.25, 0.3) is 0 Å². The van der Waals surface area contributed by atoms with E-state index in [4.69, 9.17) is 5.11 Å². The standard InChI is InChI=1S/C12H14O4/c1-6-9(4-5-10(13)14)7(2)12(16)8(3)11(6)15/h4-5,15-16H,1-3H3,(H,13,14)/b5-4+. The van der Waals surface area contributed by atoms with E-state index < -0.39 is 5.97 Å². The lowest BCUT2D eigenvalue weighted by molar-refractivity contribution is -0.131. The van der Waals surface area contributed by atoms with Gasteiger partial charge >= 0.3 is 5.97 Å². The first-order valence-electron chi connectivity index (χ1n) is 4.79. The van der Waals surface area contributed by atoms with Crippen molar-refractivity contribution in [2.75, 3.05) is 0 Å². The molecule has 0 aliphatic rings. The molecule has 0 amide bonds. The topological polar surface area (TPSA) is 77.8 Å². The molecule has 0 saturated carbocycles. The molecule has 0 heterocycles. The fourth-order valence-electron chi connectivity index (χ4n) is 1.62. The second kappa shape index (κ2) is 4.26. The lowest BCUT2D eigenvalue weighted by Gasteiger charge is -2.13. The van der Waals surface area contributed by atoms with Crippen molar-refractivity contribution in [1.29, 1.82) is 0 Å². The molecule has 1 aromatic rings. The van der Waals surface area contributed by atoms with Gasteiger partial charge in [-0.3, -0.25) is 0 Å². The molecule has 1 rings (SSSR count). The second-order valence-electron chi connectivity index (χ2n) is 3.66. The average molecular weight is 222 g/mol. The normalized spacial score (nSPS) is 10.9. The van der Waals surface area contributed by atoms with E-state index in [-0.39, 0.29) is 11.5 Å². The van der Waals surface area contributed by atoms with E-state index in [1.807, 2.05) is 0 Å². The van der Waals surface area contributed by atoms with Crippen molar-refractivity contribution in [1.82, 2.24) is 0 Å². The van der Waals surface area contributed by atoms with Gasteiger partial charge in [-0.15, -0.1) is 0 Å². The number of carbonyl (C=O) groups is 1. The van der Waals surface area contributed by atoms with Crippen molar-refractivity contribution in [3.05, 3.63) is 28.3 Å². The van der Waals surface area contributed by atoms with E-state index in [0.717, 1.165) is 6.08 Å². The molecular formula is C12H14O4. The highest BCUT2D eigenvalue weighted by Gasteiger charge is 2.14. The molecule has 0 fully saturated rings. The van der Waals surface area contributed by atoms with Crippen molar-refractivity contribution in [3.63, 3.8) is 0 Å². The zero-order valence-corrected chi connectivity index (χ0v) is 9.40. The third-order valence-electron chi connectivity index (χ3n) is 2.62. The Hall–Kier alpha value is -1.97. The number of hydrogen-bond acceptors (Lipinski definition) is 3. The summed E-state index contributed by atoms with van der Waals surface area (Å²) < 4.78 is 0. The fourth-order valence-corrected chi connectivity index (χ4v) is 1.62. The van der Waals surface area contributed by atoms with Gasteiger partial charge in [-0.1, -0.05) is 0 Å². The minimum atomic E-state index is -1.07. The first-order valence-corrected chi connectivity index (χ1v) is 4.79. The Morgan fingerprint density at radius 3 is 1.81 bits per heavy atom. The summed E-state index contributed by atoms with van der Waals surface area (Å²) in [7, 11) is 0. The molecule has 0 aromatic heterocycles. The zero-order valence-electron chi connectivity index (χ0n) is 9.40. The Morgan fingerprint density at radius 1 is 1.00 bits per heavy atom. The van der Waals surface area contributed by atoms with E-state index in [0.29, 0.717) is 22.3 Å². The van der Waals surface area contributed by atoms with Gasteiger partial charge in [-0.05, 0) is 43.5 Å². The molecule has 3 N–H and O–H groups in total. The maximum atomic E-state index is 10.4. The van der Waals surface area contributed by atoms with Crippen LogP contribution < -0.4 is 0 Å². The number of hydrogen-bond donors (Lipinski definition) is 3. The van der Waals surface area contributed by atoms with Gasteiger partial charge in [-0.25, -0.2) is 4.79 Å². The maximum Gasteiger partial charge on any atom is 0.328 e. The molecule has 0 unspecified atom stereocenters. The third kappa shape index (κ3) is 2.00. The number of rotatable bonds is 2. The Kier molecular flexibility index (Phi) is 3.22. The monoisotopic (exact) mass is 222 g/mol. The largest absolute Gasteiger partial charge is 0.507 e. The summed E-state index contributed by atoms with van der Waals surface area (Å²) in [5.41, 5.74) is 2.06. The van der Waals surface area contributed by atoms with E-state index in [1.54, 1.807) is 20.8 Å².